The molecule has 1 saturated carbocycles. The van der Waals surface area contributed by atoms with Crippen molar-refractivity contribution in [2.75, 3.05) is 44.3 Å². The first-order chi connectivity index (χ1) is 17.7. The number of hydrogen-bond acceptors (Lipinski definition) is 7. The zero-order valence-corrected chi connectivity index (χ0v) is 22.4. The number of nitrogens with two attached hydrogens (primary N) is 1. The van der Waals surface area contributed by atoms with Crippen molar-refractivity contribution >= 4 is 28.5 Å². The van der Waals surface area contributed by atoms with E-state index in [2.05, 4.69) is 31.8 Å². The first-order valence-electron chi connectivity index (χ1n) is 13.3. The van der Waals surface area contributed by atoms with Gasteiger partial charge in [-0.1, -0.05) is 12.1 Å². The van der Waals surface area contributed by atoms with Gasteiger partial charge in [-0.15, -0.1) is 0 Å². The lowest BCUT2D eigenvalue weighted by atomic mass is 9.89. The summed E-state index contributed by atoms with van der Waals surface area (Å²) in [5, 5.41) is 8.79. The third-order valence-electron chi connectivity index (χ3n) is 7.50. The van der Waals surface area contributed by atoms with Crippen molar-refractivity contribution in [3.63, 3.8) is 0 Å². The largest absolute Gasteiger partial charge is 0.444 e. The summed E-state index contributed by atoms with van der Waals surface area (Å²) in [5.41, 5.74) is 9.14. The van der Waals surface area contributed by atoms with Gasteiger partial charge in [-0.2, -0.15) is 5.10 Å². The Morgan fingerprint density at radius 1 is 1.05 bits per heavy atom. The number of nitrogens with zero attached hydrogens (tertiary/aromatic N) is 5. The number of anilines is 2. The monoisotopic (exact) mass is 505 g/mol. The molecule has 5 rings (SSSR count). The molecular weight excluding hydrogens is 466 g/mol. The van der Waals surface area contributed by atoms with Crippen LogP contribution in [0.2, 0.25) is 0 Å². The van der Waals surface area contributed by atoms with Crippen molar-refractivity contribution in [2.45, 2.75) is 64.1 Å². The van der Waals surface area contributed by atoms with Crippen LogP contribution >= 0.6 is 0 Å². The number of hydrogen-bond donors (Lipinski definition) is 2. The molecule has 198 valence electrons. The van der Waals surface area contributed by atoms with Crippen LogP contribution in [0.25, 0.3) is 22.2 Å². The molecule has 3 N–H and O–H groups in total. The maximum atomic E-state index is 12.3. The Kier molecular flexibility index (Phi) is 7.09. The summed E-state index contributed by atoms with van der Waals surface area (Å²) in [6.07, 6.45) is 5.82. The van der Waals surface area contributed by atoms with Gasteiger partial charge in [0.1, 0.15) is 17.1 Å². The molecule has 2 aliphatic rings. The molecule has 0 bridgehead atoms. The van der Waals surface area contributed by atoms with Gasteiger partial charge in [0.25, 0.3) is 0 Å². The van der Waals surface area contributed by atoms with E-state index in [1.807, 2.05) is 51.1 Å². The van der Waals surface area contributed by atoms with E-state index in [1.165, 1.54) is 12.8 Å². The minimum atomic E-state index is -0.569. The summed E-state index contributed by atoms with van der Waals surface area (Å²) in [7, 11) is 2.21. The Labute approximate surface area is 219 Å². The van der Waals surface area contributed by atoms with Crippen LogP contribution in [0.1, 0.15) is 52.5 Å². The standard InChI is InChI=1S/C28H39N7O2/c1-28(2,3)37-27(36)31-20-7-5-6-19(18-20)25-24-23(12-13-30-26(24)29)35(32-25)22-10-8-21(9-11-22)34-16-14-33(4)15-17-34/h5-7,12-13,18,21-22H,8-11,14-17H2,1-4H3,(H2,29,30)(H,31,36). The maximum Gasteiger partial charge on any atom is 0.412 e. The molecule has 1 aliphatic heterocycles. The summed E-state index contributed by atoms with van der Waals surface area (Å²) in [6, 6.07) is 10.6. The number of pyridine rings is 1. The van der Waals surface area contributed by atoms with Crippen molar-refractivity contribution in [3.8, 4) is 11.3 Å². The molecule has 0 unspecified atom stereocenters. The zero-order valence-electron chi connectivity index (χ0n) is 22.4. The maximum absolute atomic E-state index is 12.3. The highest BCUT2D eigenvalue weighted by Crippen LogP contribution is 2.38. The Bertz CT molecular complexity index is 1250. The van der Waals surface area contributed by atoms with Crippen LogP contribution in [0.5, 0.6) is 0 Å². The predicted octanol–water partition coefficient (Wildman–Crippen LogP) is 4.76. The number of rotatable bonds is 4. The molecule has 0 atom stereocenters. The fourth-order valence-electron chi connectivity index (χ4n) is 5.61. The molecule has 1 aliphatic carbocycles. The van der Waals surface area contributed by atoms with Crippen LogP contribution in [-0.2, 0) is 4.74 Å². The molecule has 1 amide bonds. The van der Waals surface area contributed by atoms with E-state index >= 15 is 0 Å². The Hall–Kier alpha value is -3.17. The predicted molar refractivity (Wildman–Crippen MR) is 148 cm³/mol. The lowest BCUT2D eigenvalue weighted by Crippen LogP contribution is -2.49. The fourth-order valence-corrected chi connectivity index (χ4v) is 5.61. The number of carbonyl (C=O) groups excluding carboxylic acids is 1. The van der Waals surface area contributed by atoms with Gasteiger partial charge in [0, 0.05) is 49.7 Å². The van der Waals surface area contributed by atoms with Crippen LogP contribution in [0.4, 0.5) is 16.3 Å². The molecule has 3 aromatic rings. The van der Waals surface area contributed by atoms with Gasteiger partial charge in [-0.3, -0.25) is 14.9 Å². The molecule has 37 heavy (non-hydrogen) atoms. The number of carbonyl (C=O) groups is 1. The zero-order chi connectivity index (χ0) is 26.2. The summed E-state index contributed by atoms with van der Waals surface area (Å²) in [4.78, 5) is 21.8. The Morgan fingerprint density at radius 2 is 1.76 bits per heavy atom. The molecule has 2 aromatic heterocycles. The number of nitrogen functional groups attached to an aromatic ring is 1. The smallest absolute Gasteiger partial charge is 0.412 e. The van der Waals surface area contributed by atoms with E-state index < -0.39 is 11.7 Å². The fraction of sp³-hybridized carbons (Fsp3) is 0.536. The van der Waals surface area contributed by atoms with Gasteiger partial charge in [-0.25, -0.2) is 9.78 Å². The number of fused-ring (bicyclic) bond motifs is 1. The SMILES string of the molecule is CN1CCN(C2CCC(n3nc(-c4cccc(NC(=O)OC(C)(C)C)c4)c4c(N)nccc43)CC2)CC1. The third-order valence-corrected chi connectivity index (χ3v) is 7.50. The average molecular weight is 506 g/mol. The molecule has 9 nitrogen and oxygen atoms in total. The van der Waals surface area contributed by atoms with Crippen LogP contribution < -0.4 is 11.1 Å². The van der Waals surface area contributed by atoms with Gasteiger partial charge in [0.05, 0.1) is 16.9 Å². The second kappa shape index (κ2) is 10.3. The van der Waals surface area contributed by atoms with Crippen molar-refractivity contribution in [3.05, 3.63) is 36.5 Å². The number of aromatic nitrogens is 3. The van der Waals surface area contributed by atoms with Gasteiger partial charge in [0.15, 0.2) is 0 Å². The number of piperazine rings is 1. The highest BCUT2D eigenvalue weighted by molar-refractivity contribution is 6.00. The minimum absolute atomic E-state index is 0.324. The summed E-state index contributed by atoms with van der Waals surface area (Å²) in [5.74, 6) is 0.468. The van der Waals surface area contributed by atoms with E-state index in [0.29, 0.717) is 23.6 Å². The van der Waals surface area contributed by atoms with E-state index in [1.54, 1.807) is 6.20 Å². The number of ether oxygens (including phenoxy) is 1. The molecule has 3 heterocycles. The molecule has 0 radical (unpaired) electrons. The summed E-state index contributed by atoms with van der Waals surface area (Å²) >= 11 is 0. The van der Waals surface area contributed by atoms with E-state index in [0.717, 1.165) is 61.2 Å². The van der Waals surface area contributed by atoms with E-state index in [9.17, 15) is 4.79 Å². The molecule has 1 saturated heterocycles. The lowest BCUT2D eigenvalue weighted by Gasteiger charge is -2.41. The number of benzene rings is 1. The summed E-state index contributed by atoms with van der Waals surface area (Å²) in [6.45, 7) is 10.2. The molecule has 1 aromatic carbocycles. The van der Waals surface area contributed by atoms with Gasteiger partial charge in [-0.05, 0) is 71.7 Å². The quantitative estimate of drug-likeness (QED) is 0.527. The van der Waals surface area contributed by atoms with Gasteiger partial charge in [0.2, 0.25) is 0 Å². The molecule has 9 heteroatoms. The van der Waals surface area contributed by atoms with E-state index in [-0.39, 0.29) is 0 Å². The van der Waals surface area contributed by atoms with Crippen LogP contribution in [0, 0.1) is 0 Å². The van der Waals surface area contributed by atoms with Crippen molar-refractivity contribution in [1.82, 2.24) is 24.6 Å². The molecule has 2 fully saturated rings. The normalized spacial score (nSPS) is 21.7. The van der Waals surface area contributed by atoms with Crippen LogP contribution in [-0.4, -0.2) is 75.5 Å². The lowest BCUT2D eigenvalue weighted by molar-refractivity contribution is 0.0636. The second-order valence-electron chi connectivity index (χ2n) is 11.4. The third kappa shape index (κ3) is 5.72. The highest BCUT2D eigenvalue weighted by atomic mass is 16.6. The number of likely N-dealkylation sites (N-methyl/N-ethyl adjacent to an activating group) is 1. The molecule has 0 spiro atoms. The number of nitrogens with one attached hydrogen (secondary N) is 1. The van der Waals surface area contributed by atoms with Crippen molar-refractivity contribution in [1.29, 1.82) is 0 Å². The second-order valence-corrected chi connectivity index (χ2v) is 11.4. The first kappa shape index (κ1) is 25.5. The van der Waals surface area contributed by atoms with Gasteiger partial charge < -0.3 is 15.4 Å². The Morgan fingerprint density at radius 3 is 2.46 bits per heavy atom. The highest BCUT2D eigenvalue weighted by Gasteiger charge is 2.30. The summed E-state index contributed by atoms with van der Waals surface area (Å²) < 4.78 is 7.58. The van der Waals surface area contributed by atoms with Crippen molar-refractivity contribution in [2.24, 2.45) is 0 Å². The average Bonchev–Trinajstić information content (AvgIpc) is 3.25. The van der Waals surface area contributed by atoms with Crippen LogP contribution in [0.3, 0.4) is 0 Å². The van der Waals surface area contributed by atoms with Crippen LogP contribution in [0.15, 0.2) is 36.5 Å². The topological polar surface area (TPSA) is 102 Å². The first-order valence-corrected chi connectivity index (χ1v) is 13.3. The molecular formula is C28H39N7O2. The number of amides is 1. The van der Waals surface area contributed by atoms with Crippen molar-refractivity contribution < 1.29 is 9.53 Å². The van der Waals surface area contributed by atoms with E-state index in [4.69, 9.17) is 15.6 Å². The Balaban J connectivity index is 1.38. The minimum Gasteiger partial charge on any atom is -0.444 e. The van der Waals surface area contributed by atoms with Gasteiger partial charge >= 0.3 is 6.09 Å².